The Morgan fingerprint density at radius 2 is 1.52 bits per heavy atom. The van der Waals surface area contributed by atoms with Gasteiger partial charge in [0, 0.05) is 12.4 Å². The number of aryl methyl sites for hydroxylation is 2. The topological polar surface area (TPSA) is 37.4 Å². The molecule has 0 aromatic heterocycles. The van der Waals surface area contributed by atoms with E-state index < -0.39 is 10.0 Å². The van der Waals surface area contributed by atoms with Crippen LogP contribution in [0.25, 0.3) is 10.8 Å². The minimum Gasteiger partial charge on any atom is -0.269 e. The summed E-state index contributed by atoms with van der Waals surface area (Å²) in [4.78, 5) is 0.381. The second-order valence-corrected chi connectivity index (χ2v) is 7.81. The summed E-state index contributed by atoms with van der Waals surface area (Å²) in [5.74, 6) is 0. The molecule has 0 N–H and O–H groups in total. The number of rotatable bonds is 3. The van der Waals surface area contributed by atoms with Crippen LogP contribution in [0, 0.1) is 0 Å². The molecule has 4 rings (SSSR count). The fourth-order valence-corrected chi connectivity index (χ4v) is 4.75. The van der Waals surface area contributed by atoms with E-state index in [2.05, 4.69) is 6.07 Å². The molecule has 23 heavy (non-hydrogen) atoms. The summed E-state index contributed by atoms with van der Waals surface area (Å²) >= 11 is 0. The average molecular weight is 323 g/mol. The largest absolute Gasteiger partial charge is 0.269 e. The van der Waals surface area contributed by atoms with E-state index in [1.807, 2.05) is 36.4 Å². The predicted octanol–water partition coefficient (Wildman–Crippen LogP) is 3.76. The predicted molar refractivity (Wildman–Crippen MR) is 93.4 cm³/mol. The highest BCUT2D eigenvalue weighted by atomic mass is 32.2. The van der Waals surface area contributed by atoms with Crippen LogP contribution in [-0.2, 0) is 22.9 Å². The number of sulfonamides is 1. The molecule has 0 radical (unpaired) electrons. The molecule has 1 aliphatic rings. The lowest BCUT2D eigenvalue weighted by Crippen LogP contribution is -2.26. The molecule has 0 saturated heterocycles. The van der Waals surface area contributed by atoms with Gasteiger partial charge in [0.25, 0.3) is 10.0 Å². The highest BCUT2D eigenvalue weighted by Gasteiger charge is 2.26. The first-order valence-electron chi connectivity index (χ1n) is 7.66. The fourth-order valence-electron chi connectivity index (χ4n) is 3.37. The van der Waals surface area contributed by atoms with Crippen LogP contribution in [0.1, 0.15) is 11.1 Å². The minimum absolute atomic E-state index is 0.381. The van der Waals surface area contributed by atoms with Gasteiger partial charge in [0.1, 0.15) is 0 Å². The van der Waals surface area contributed by atoms with Crippen LogP contribution < -0.4 is 4.31 Å². The van der Waals surface area contributed by atoms with E-state index in [1.165, 1.54) is 15.4 Å². The Bertz CT molecular complexity index is 984. The van der Waals surface area contributed by atoms with Crippen LogP contribution >= 0.6 is 0 Å². The first-order chi connectivity index (χ1) is 11.1. The third kappa shape index (κ3) is 2.13. The summed E-state index contributed by atoms with van der Waals surface area (Å²) in [7, 11) is -1.99. The second-order valence-electron chi connectivity index (χ2n) is 5.87. The fraction of sp³-hybridized carbons (Fsp3) is 0.158. The Morgan fingerprint density at radius 3 is 2.26 bits per heavy atom. The quantitative estimate of drug-likeness (QED) is 0.736. The van der Waals surface area contributed by atoms with Crippen molar-refractivity contribution in [3.05, 3.63) is 71.8 Å². The Balaban J connectivity index is 1.93. The summed E-state index contributed by atoms with van der Waals surface area (Å²) < 4.78 is 27.6. The molecule has 4 heteroatoms. The molecule has 0 bridgehead atoms. The maximum absolute atomic E-state index is 13.1. The molecule has 1 aliphatic carbocycles. The van der Waals surface area contributed by atoms with Gasteiger partial charge in [-0.1, -0.05) is 42.5 Å². The van der Waals surface area contributed by atoms with E-state index >= 15 is 0 Å². The zero-order chi connectivity index (χ0) is 16.0. The standard InChI is InChI=1S/C19H17NO2S/c1-20(16-7-3-2-4-8-16)23(21,22)18-13-12-15-11-10-14-6-5-9-17(18)19(14)15/h2-9,12-13H,10-11H2,1H3. The molecule has 116 valence electrons. The van der Waals surface area contributed by atoms with Gasteiger partial charge in [-0.3, -0.25) is 4.31 Å². The van der Waals surface area contributed by atoms with Gasteiger partial charge in [-0.15, -0.1) is 0 Å². The molecular weight excluding hydrogens is 306 g/mol. The highest BCUT2D eigenvalue weighted by Crippen LogP contribution is 2.36. The smallest absolute Gasteiger partial charge is 0.264 e. The maximum atomic E-state index is 13.1. The lowest BCUT2D eigenvalue weighted by molar-refractivity contribution is 0.595. The molecule has 3 nitrogen and oxygen atoms in total. The van der Waals surface area contributed by atoms with Crippen molar-refractivity contribution in [1.82, 2.24) is 0 Å². The summed E-state index contributed by atoms with van der Waals surface area (Å²) in [5.41, 5.74) is 3.16. The third-order valence-corrected chi connectivity index (χ3v) is 6.44. The third-order valence-electron chi connectivity index (χ3n) is 4.60. The molecule has 0 unspecified atom stereocenters. The van der Waals surface area contributed by atoms with Crippen molar-refractivity contribution < 1.29 is 8.42 Å². The van der Waals surface area contributed by atoms with Gasteiger partial charge >= 0.3 is 0 Å². The van der Waals surface area contributed by atoms with E-state index in [1.54, 1.807) is 25.2 Å². The van der Waals surface area contributed by atoms with Crippen molar-refractivity contribution >= 4 is 26.5 Å². The van der Waals surface area contributed by atoms with Crippen LogP contribution in [-0.4, -0.2) is 15.5 Å². The molecule has 0 spiro atoms. The zero-order valence-corrected chi connectivity index (χ0v) is 13.7. The number of benzene rings is 3. The number of anilines is 1. The molecule has 0 heterocycles. The second kappa shape index (κ2) is 5.10. The van der Waals surface area contributed by atoms with E-state index in [0.29, 0.717) is 10.6 Å². The number of hydrogen-bond acceptors (Lipinski definition) is 2. The van der Waals surface area contributed by atoms with Crippen LogP contribution in [0.5, 0.6) is 0 Å². The van der Waals surface area contributed by atoms with Crippen LogP contribution in [0.2, 0.25) is 0 Å². The Morgan fingerprint density at radius 1 is 0.826 bits per heavy atom. The lowest BCUT2D eigenvalue weighted by Gasteiger charge is -2.21. The van der Waals surface area contributed by atoms with E-state index in [4.69, 9.17) is 0 Å². The monoisotopic (exact) mass is 323 g/mol. The molecule has 0 atom stereocenters. The van der Waals surface area contributed by atoms with Crippen molar-refractivity contribution in [2.45, 2.75) is 17.7 Å². The molecule has 3 aromatic carbocycles. The normalized spacial score (nSPS) is 13.4. The first-order valence-corrected chi connectivity index (χ1v) is 9.10. The van der Waals surface area contributed by atoms with Crippen molar-refractivity contribution in [2.24, 2.45) is 0 Å². The van der Waals surface area contributed by atoms with E-state index in [-0.39, 0.29) is 0 Å². The maximum Gasteiger partial charge on any atom is 0.264 e. The summed E-state index contributed by atoms with van der Waals surface area (Å²) in [6.45, 7) is 0. The van der Waals surface area contributed by atoms with Gasteiger partial charge < -0.3 is 0 Å². The van der Waals surface area contributed by atoms with Crippen LogP contribution in [0.15, 0.2) is 65.6 Å². The van der Waals surface area contributed by atoms with Gasteiger partial charge in [-0.05, 0) is 47.6 Å². The van der Waals surface area contributed by atoms with Crippen LogP contribution in [0.3, 0.4) is 0 Å². The first kappa shape index (κ1) is 14.3. The summed E-state index contributed by atoms with van der Waals surface area (Å²) in [6.07, 6.45) is 1.98. The van der Waals surface area contributed by atoms with Crippen LogP contribution in [0.4, 0.5) is 5.69 Å². The number of para-hydroxylation sites is 1. The molecule has 0 amide bonds. The Hall–Kier alpha value is -2.33. The van der Waals surface area contributed by atoms with Crippen molar-refractivity contribution in [2.75, 3.05) is 11.4 Å². The van der Waals surface area contributed by atoms with Gasteiger partial charge in [0.2, 0.25) is 0 Å². The summed E-state index contributed by atoms with van der Waals surface area (Å²) in [6, 6.07) is 18.8. The van der Waals surface area contributed by atoms with Gasteiger partial charge in [0.05, 0.1) is 10.6 Å². The van der Waals surface area contributed by atoms with Crippen molar-refractivity contribution in [3.63, 3.8) is 0 Å². The Kier molecular flexibility index (Phi) is 3.16. The minimum atomic E-state index is -3.59. The van der Waals surface area contributed by atoms with Crippen molar-refractivity contribution in [3.8, 4) is 0 Å². The molecule has 0 fully saturated rings. The van der Waals surface area contributed by atoms with Gasteiger partial charge in [-0.2, -0.15) is 0 Å². The molecule has 0 aliphatic heterocycles. The van der Waals surface area contributed by atoms with E-state index in [9.17, 15) is 8.42 Å². The average Bonchev–Trinajstić information content (AvgIpc) is 3.00. The molecule has 3 aromatic rings. The number of nitrogens with zero attached hydrogens (tertiary/aromatic N) is 1. The molecule has 0 saturated carbocycles. The number of hydrogen-bond donors (Lipinski definition) is 0. The van der Waals surface area contributed by atoms with Gasteiger partial charge in [0.15, 0.2) is 0 Å². The van der Waals surface area contributed by atoms with E-state index in [0.717, 1.165) is 23.6 Å². The molecular formula is C19H17NO2S. The Labute approximate surface area is 136 Å². The highest BCUT2D eigenvalue weighted by molar-refractivity contribution is 7.93. The summed E-state index contributed by atoms with van der Waals surface area (Å²) in [5, 5.41) is 1.95. The SMILES string of the molecule is CN(c1ccccc1)S(=O)(=O)c1ccc2c3c(cccc13)CC2. The lowest BCUT2D eigenvalue weighted by atomic mass is 10.1. The zero-order valence-electron chi connectivity index (χ0n) is 12.9. The van der Waals surface area contributed by atoms with Crippen molar-refractivity contribution in [1.29, 1.82) is 0 Å². The van der Waals surface area contributed by atoms with Gasteiger partial charge in [-0.25, -0.2) is 8.42 Å².